The molecule has 1 aromatic heterocycles. The van der Waals surface area contributed by atoms with Crippen LogP contribution in [0.4, 0.5) is 0 Å². The number of ether oxygens (including phenoxy) is 1. The van der Waals surface area contributed by atoms with E-state index in [9.17, 15) is 0 Å². The molecule has 2 nitrogen and oxygen atoms in total. The molecule has 0 aliphatic carbocycles. The predicted octanol–water partition coefficient (Wildman–Crippen LogP) is 5.87. The van der Waals surface area contributed by atoms with Gasteiger partial charge >= 0.3 is 0 Å². The molecule has 1 heterocycles. The average Bonchev–Trinajstić information content (AvgIpc) is 2.53. The van der Waals surface area contributed by atoms with Crippen LogP contribution in [0.2, 0.25) is 5.02 Å². The summed E-state index contributed by atoms with van der Waals surface area (Å²) < 4.78 is 5.23. The van der Waals surface area contributed by atoms with Crippen molar-refractivity contribution in [1.82, 2.24) is 4.98 Å². The lowest BCUT2D eigenvalue weighted by Crippen LogP contribution is -2.10. The van der Waals surface area contributed by atoms with Gasteiger partial charge in [-0.05, 0) is 28.7 Å². The van der Waals surface area contributed by atoms with Crippen molar-refractivity contribution in [2.24, 2.45) is 0 Å². The van der Waals surface area contributed by atoms with Crippen LogP contribution in [0.5, 0.6) is 5.88 Å². The summed E-state index contributed by atoms with van der Waals surface area (Å²) in [6, 6.07) is 12.3. The van der Waals surface area contributed by atoms with Gasteiger partial charge in [0.05, 0.1) is 12.8 Å². The quantitative estimate of drug-likeness (QED) is 0.605. The van der Waals surface area contributed by atoms with E-state index in [1.54, 1.807) is 7.11 Å². The zero-order chi connectivity index (χ0) is 17.0. The molecule has 0 aliphatic rings. The smallest absolute Gasteiger partial charge is 0.232 e. The highest BCUT2D eigenvalue weighted by molar-refractivity contribution is 9.09. The number of nitrogens with zero attached hydrogens (tertiary/aromatic N) is 1. The first-order chi connectivity index (χ1) is 10.9. The van der Waals surface area contributed by atoms with Crippen molar-refractivity contribution >= 4 is 33.1 Å². The van der Waals surface area contributed by atoms with Gasteiger partial charge in [0.2, 0.25) is 5.88 Å². The summed E-state index contributed by atoms with van der Waals surface area (Å²) in [4.78, 5) is 4.51. The Morgan fingerprint density at radius 1 is 1.17 bits per heavy atom. The molecule has 0 saturated carbocycles. The molecule has 4 heteroatoms. The number of aromatic nitrogens is 1. The fourth-order valence-electron chi connectivity index (χ4n) is 2.31. The van der Waals surface area contributed by atoms with E-state index >= 15 is 0 Å². The maximum atomic E-state index is 6.08. The fraction of sp³-hybridized carbons (Fsp3) is 0.316. The minimum Gasteiger partial charge on any atom is -0.480 e. The van der Waals surface area contributed by atoms with Crippen LogP contribution in [0, 0.1) is 0 Å². The van der Waals surface area contributed by atoms with E-state index in [1.165, 1.54) is 5.56 Å². The molecular formula is C19H21BrClNO. The highest BCUT2D eigenvalue weighted by Gasteiger charge is 2.15. The first-order valence-corrected chi connectivity index (χ1v) is 8.94. The molecule has 0 spiro atoms. The van der Waals surface area contributed by atoms with Gasteiger partial charge in [0.15, 0.2) is 0 Å². The summed E-state index contributed by atoms with van der Waals surface area (Å²) >= 11 is 9.56. The van der Waals surface area contributed by atoms with Crippen LogP contribution >= 0.6 is 27.5 Å². The molecule has 0 amide bonds. The van der Waals surface area contributed by atoms with Crippen LogP contribution in [-0.4, -0.2) is 17.4 Å². The zero-order valence-corrected chi connectivity index (χ0v) is 16.2. The second-order valence-electron chi connectivity index (χ2n) is 6.29. The van der Waals surface area contributed by atoms with E-state index in [-0.39, 0.29) is 5.41 Å². The summed E-state index contributed by atoms with van der Waals surface area (Å²) in [6.45, 7) is 6.63. The summed E-state index contributed by atoms with van der Waals surface area (Å²) in [5, 5.41) is 1.26. The molecule has 0 aliphatic heterocycles. The number of alkyl halides is 1. The van der Waals surface area contributed by atoms with Gasteiger partial charge in [-0.25, -0.2) is 4.98 Å². The zero-order valence-electron chi connectivity index (χ0n) is 13.9. The Labute approximate surface area is 151 Å². The minimum atomic E-state index is 0.138. The normalized spacial score (nSPS) is 12.3. The van der Waals surface area contributed by atoms with Crippen molar-refractivity contribution in [1.29, 1.82) is 0 Å². The van der Waals surface area contributed by atoms with Crippen molar-refractivity contribution in [3.63, 3.8) is 0 Å². The maximum absolute atomic E-state index is 6.08. The number of benzene rings is 1. The van der Waals surface area contributed by atoms with E-state index in [2.05, 4.69) is 72.0 Å². The van der Waals surface area contributed by atoms with Gasteiger partial charge < -0.3 is 4.74 Å². The molecule has 0 radical (unpaired) electrons. The maximum Gasteiger partial charge on any atom is 0.232 e. The number of rotatable bonds is 4. The van der Waals surface area contributed by atoms with Crippen LogP contribution in [0.3, 0.4) is 0 Å². The fourth-order valence-corrected chi connectivity index (χ4v) is 2.82. The molecule has 0 unspecified atom stereocenters. The van der Waals surface area contributed by atoms with Crippen LogP contribution < -0.4 is 4.74 Å². The Kier molecular flexibility index (Phi) is 5.88. The van der Waals surface area contributed by atoms with E-state index in [0.29, 0.717) is 10.9 Å². The van der Waals surface area contributed by atoms with Gasteiger partial charge in [-0.2, -0.15) is 0 Å². The van der Waals surface area contributed by atoms with Gasteiger partial charge in [-0.1, -0.05) is 78.6 Å². The van der Waals surface area contributed by atoms with Crippen LogP contribution in [-0.2, 0) is 5.41 Å². The van der Waals surface area contributed by atoms with Crippen LogP contribution in [0.1, 0.15) is 37.6 Å². The molecule has 0 atom stereocenters. The molecule has 122 valence electrons. The van der Waals surface area contributed by atoms with Crippen molar-refractivity contribution in [3.8, 4) is 5.88 Å². The van der Waals surface area contributed by atoms with Crippen molar-refractivity contribution < 1.29 is 4.74 Å². The summed E-state index contributed by atoms with van der Waals surface area (Å²) in [5.74, 6) is 0.441. The first kappa shape index (κ1) is 18.0. The SMILES string of the molecule is COc1nc(C(=CCBr)c2ccc(C(C)(C)C)cc2)ccc1Cl. The number of methoxy groups -OCH3 is 1. The molecule has 0 fully saturated rings. The highest BCUT2D eigenvalue weighted by atomic mass is 79.9. The molecule has 0 N–H and O–H groups in total. The van der Waals surface area contributed by atoms with Crippen LogP contribution in [0.15, 0.2) is 42.5 Å². The minimum absolute atomic E-state index is 0.138. The molecule has 1 aromatic carbocycles. The molecule has 0 saturated heterocycles. The van der Waals surface area contributed by atoms with Gasteiger partial charge in [0.1, 0.15) is 5.02 Å². The van der Waals surface area contributed by atoms with Gasteiger partial charge in [0.25, 0.3) is 0 Å². The Balaban J connectivity index is 2.45. The summed E-state index contributed by atoms with van der Waals surface area (Å²) in [6.07, 6.45) is 2.10. The third-order valence-corrected chi connectivity index (χ3v) is 4.24. The summed E-state index contributed by atoms with van der Waals surface area (Å²) in [7, 11) is 1.57. The van der Waals surface area contributed by atoms with E-state index in [1.807, 2.05) is 12.1 Å². The number of hydrogen-bond donors (Lipinski definition) is 0. The van der Waals surface area contributed by atoms with Crippen LogP contribution in [0.25, 0.3) is 5.57 Å². The number of allylic oxidation sites excluding steroid dienone is 1. The largest absolute Gasteiger partial charge is 0.480 e. The van der Waals surface area contributed by atoms with Crippen molar-refractivity contribution in [2.75, 3.05) is 12.4 Å². The number of pyridine rings is 1. The third kappa shape index (κ3) is 4.36. The van der Waals surface area contributed by atoms with E-state index < -0.39 is 0 Å². The average molecular weight is 395 g/mol. The van der Waals surface area contributed by atoms with Crippen molar-refractivity contribution in [3.05, 3.63) is 64.3 Å². The molecular weight excluding hydrogens is 374 g/mol. The summed E-state index contributed by atoms with van der Waals surface area (Å²) in [5.41, 5.74) is 4.46. The Morgan fingerprint density at radius 3 is 2.35 bits per heavy atom. The molecule has 2 aromatic rings. The predicted molar refractivity (Wildman–Crippen MR) is 102 cm³/mol. The lowest BCUT2D eigenvalue weighted by Gasteiger charge is -2.19. The second-order valence-corrected chi connectivity index (χ2v) is 7.34. The molecule has 0 bridgehead atoms. The first-order valence-electron chi connectivity index (χ1n) is 7.44. The highest BCUT2D eigenvalue weighted by Crippen LogP contribution is 2.30. The number of halogens is 2. The van der Waals surface area contributed by atoms with Crippen molar-refractivity contribution in [2.45, 2.75) is 26.2 Å². The number of hydrogen-bond acceptors (Lipinski definition) is 2. The lowest BCUT2D eigenvalue weighted by molar-refractivity contribution is 0.398. The van der Waals surface area contributed by atoms with Gasteiger partial charge in [-0.3, -0.25) is 0 Å². The Morgan fingerprint density at radius 2 is 1.83 bits per heavy atom. The topological polar surface area (TPSA) is 22.1 Å². The Hall–Kier alpha value is -1.32. The van der Waals surface area contributed by atoms with E-state index in [0.717, 1.165) is 22.2 Å². The van der Waals surface area contributed by atoms with Gasteiger partial charge in [0, 0.05) is 10.9 Å². The third-order valence-electron chi connectivity index (χ3n) is 3.63. The Bertz CT molecular complexity index is 702. The molecule has 23 heavy (non-hydrogen) atoms. The molecule has 2 rings (SSSR count). The standard InChI is InChI=1S/C19H21BrClNO/c1-19(2,3)14-7-5-13(6-8-14)15(11-12-20)17-10-9-16(21)18(22-17)23-4/h5-11H,12H2,1-4H3. The lowest BCUT2D eigenvalue weighted by atomic mass is 9.86. The van der Waals surface area contributed by atoms with Gasteiger partial charge in [-0.15, -0.1) is 0 Å². The monoisotopic (exact) mass is 393 g/mol. The second kappa shape index (κ2) is 7.50. The van der Waals surface area contributed by atoms with E-state index in [4.69, 9.17) is 16.3 Å².